The Morgan fingerprint density at radius 2 is 1.95 bits per heavy atom. The number of likely N-dealkylation sites (N-methyl/N-ethyl adjacent to an activating group) is 1. The Morgan fingerprint density at radius 3 is 2.63 bits per heavy atom. The van der Waals surface area contributed by atoms with E-state index in [1.165, 1.54) is 5.56 Å². The highest BCUT2D eigenvalue weighted by Gasteiger charge is 2.20. The number of nitrogens with zero attached hydrogens (tertiary/aromatic N) is 4. The van der Waals surface area contributed by atoms with E-state index in [1.54, 1.807) is 0 Å². The standard InChI is InChI=1S/C14H21N5/c1-11-16-13(15)19(3)14(17-11)18(2)10-9-12-7-5-4-6-8-12/h4-8,11H,9-10H2,1-3H3,(H2,15,16). The van der Waals surface area contributed by atoms with Crippen LogP contribution in [-0.4, -0.2) is 48.5 Å². The van der Waals surface area contributed by atoms with Crippen molar-refractivity contribution in [3.63, 3.8) is 0 Å². The second-order valence-corrected chi connectivity index (χ2v) is 4.76. The van der Waals surface area contributed by atoms with Crippen molar-refractivity contribution in [2.45, 2.75) is 19.5 Å². The number of hydrogen-bond acceptors (Lipinski definition) is 5. The molecule has 0 saturated carbocycles. The molecule has 1 heterocycles. The minimum absolute atomic E-state index is 0.106. The fourth-order valence-electron chi connectivity index (χ4n) is 2.06. The second-order valence-electron chi connectivity index (χ2n) is 4.76. The second kappa shape index (κ2) is 5.73. The predicted molar refractivity (Wildman–Crippen MR) is 79.1 cm³/mol. The molecule has 1 aliphatic heterocycles. The van der Waals surface area contributed by atoms with Crippen molar-refractivity contribution in [2.24, 2.45) is 15.7 Å². The van der Waals surface area contributed by atoms with E-state index in [2.05, 4.69) is 39.2 Å². The summed E-state index contributed by atoms with van der Waals surface area (Å²) in [5.41, 5.74) is 7.19. The highest BCUT2D eigenvalue weighted by molar-refractivity contribution is 5.98. The summed E-state index contributed by atoms with van der Waals surface area (Å²) in [4.78, 5) is 12.7. The van der Waals surface area contributed by atoms with E-state index >= 15 is 0 Å². The van der Waals surface area contributed by atoms with Crippen LogP contribution in [0.15, 0.2) is 40.3 Å². The molecule has 0 amide bonds. The molecular weight excluding hydrogens is 238 g/mol. The molecule has 2 rings (SSSR count). The van der Waals surface area contributed by atoms with Crippen molar-refractivity contribution >= 4 is 11.9 Å². The molecule has 0 bridgehead atoms. The summed E-state index contributed by atoms with van der Waals surface area (Å²) >= 11 is 0. The Hall–Kier alpha value is -2.04. The zero-order valence-electron chi connectivity index (χ0n) is 11.7. The summed E-state index contributed by atoms with van der Waals surface area (Å²) in [5, 5.41) is 0. The minimum atomic E-state index is -0.106. The highest BCUT2D eigenvalue weighted by atomic mass is 15.4. The van der Waals surface area contributed by atoms with Crippen molar-refractivity contribution in [3.05, 3.63) is 35.9 Å². The van der Waals surface area contributed by atoms with Crippen molar-refractivity contribution < 1.29 is 0 Å². The molecule has 0 spiro atoms. The third-order valence-corrected chi connectivity index (χ3v) is 3.19. The largest absolute Gasteiger partial charge is 0.369 e. The lowest BCUT2D eigenvalue weighted by Gasteiger charge is -2.32. The van der Waals surface area contributed by atoms with Gasteiger partial charge in [-0.1, -0.05) is 30.3 Å². The molecule has 1 aliphatic rings. The highest BCUT2D eigenvalue weighted by Crippen LogP contribution is 2.08. The average Bonchev–Trinajstić information content (AvgIpc) is 2.41. The van der Waals surface area contributed by atoms with Gasteiger partial charge in [-0.3, -0.25) is 4.90 Å². The van der Waals surface area contributed by atoms with Gasteiger partial charge in [0, 0.05) is 20.6 Å². The number of benzene rings is 1. The molecule has 1 aromatic rings. The molecule has 5 heteroatoms. The summed E-state index contributed by atoms with van der Waals surface area (Å²) in [6.07, 6.45) is 0.876. The van der Waals surface area contributed by atoms with Gasteiger partial charge in [-0.25, -0.2) is 9.98 Å². The Kier molecular flexibility index (Phi) is 4.04. The first-order chi connectivity index (χ1) is 9.08. The summed E-state index contributed by atoms with van der Waals surface area (Å²) in [6, 6.07) is 10.4. The zero-order valence-corrected chi connectivity index (χ0v) is 11.7. The zero-order chi connectivity index (χ0) is 13.8. The topological polar surface area (TPSA) is 57.2 Å². The van der Waals surface area contributed by atoms with E-state index < -0.39 is 0 Å². The normalized spacial score (nSPS) is 18.9. The van der Waals surface area contributed by atoms with Gasteiger partial charge in [0.05, 0.1) is 0 Å². The lowest BCUT2D eigenvalue weighted by Crippen LogP contribution is -2.50. The summed E-state index contributed by atoms with van der Waals surface area (Å²) in [6.45, 7) is 2.83. The summed E-state index contributed by atoms with van der Waals surface area (Å²) in [5.74, 6) is 1.39. The van der Waals surface area contributed by atoms with E-state index in [1.807, 2.05) is 32.0 Å². The molecule has 0 aromatic heterocycles. The molecule has 0 fully saturated rings. The van der Waals surface area contributed by atoms with Crippen LogP contribution < -0.4 is 5.73 Å². The van der Waals surface area contributed by atoms with Crippen molar-refractivity contribution in [1.82, 2.24) is 9.80 Å². The maximum Gasteiger partial charge on any atom is 0.205 e. The van der Waals surface area contributed by atoms with Gasteiger partial charge in [0.15, 0.2) is 5.96 Å². The van der Waals surface area contributed by atoms with Gasteiger partial charge in [0.1, 0.15) is 6.17 Å². The summed E-state index contributed by atoms with van der Waals surface area (Å²) < 4.78 is 0. The maximum atomic E-state index is 5.87. The van der Waals surface area contributed by atoms with E-state index in [4.69, 9.17) is 5.73 Å². The molecule has 1 atom stereocenters. The van der Waals surface area contributed by atoms with Crippen LogP contribution in [0.5, 0.6) is 0 Å². The number of nitrogens with two attached hydrogens (primary N) is 1. The molecule has 0 radical (unpaired) electrons. The van der Waals surface area contributed by atoms with Crippen LogP contribution in [0.25, 0.3) is 0 Å². The predicted octanol–water partition coefficient (Wildman–Crippen LogP) is 1.12. The molecule has 2 N–H and O–H groups in total. The van der Waals surface area contributed by atoms with Crippen LogP contribution in [0, 0.1) is 0 Å². The lowest BCUT2D eigenvalue weighted by molar-refractivity contribution is 0.438. The maximum absolute atomic E-state index is 5.87. The van der Waals surface area contributed by atoms with Crippen LogP contribution >= 0.6 is 0 Å². The molecule has 0 saturated heterocycles. The Morgan fingerprint density at radius 1 is 1.26 bits per heavy atom. The number of rotatable bonds is 3. The van der Waals surface area contributed by atoms with E-state index in [0.29, 0.717) is 5.96 Å². The number of hydrogen-bond donors (Lipinski definition) is 1. The van der Waals surface area contributed by atoms with Crippen molar-refractivity contribution in [3.8, 4) is 0 Å². The van der Waals surface area contributed by atoms with E-state index in [9.17, 15) is 0 Å². The minimum Gasteiger partial charge on any atom is -0.369 e. The van der Waals surface area contributed by atoms with Gasteiger partial charge in [-0.05, 0) is 18.9 Å². The van der Waals surface area contributed by atoms with Gasteiger partial charge >= 0.3 is 0 Å². The van der Waals surface area contributed by atoms with Crippen LogP contribution in [0.1, 0.15) is 12.5 Å². The molecular formula is C14H21N5. The van der Waals surface area contributed by atoms with Gasteiger partial charge in [-0.15, -0.1) is 0 Å². The van der Waals surface area contributed by atoms with E-state index in [0.717, 1.165) is 18.9 Å². The lowest BCUT2D eigenvalue weighted by atomic mass is 10.1. The molecule has 19 heavy (non-hydrogen) atoms. The average molecular weight is 259 g/mol. The third kappa shape index (κ3) is 3.24. The van der Waals surface area contributed by atoms with Crippen LogP contribution in [0.4, 0.5) is 0 Å². The number of aliphatic imine (C=N–C) groups is 2. The Labute approximate surface area is 114 Å². The number of guanidine groups is 2. The van der Waals surface area contributed by atoms with Crippen LogP contribution in [0.2, 0.25) is 0 Å². The molecule has 1 aromatic carbocycles. The molecule has 1 unspecified atom stereocenters. The fourth-order valence-corrected chi connectivity index (χ4v) is 2.06. The van der Waals surface area contributed by atoms with Gasteiger partial charge in [0.2, 0.25) is 5.96 Å². The Bertz CT molecular complexity index is 480. The van der Waals surface area contributed by atoms with Gasteiger partial charge in [0.25, 0.3) is 0 Å². The fraction of sp³-hybridized carbons (Fsp3) is 0.429. The first-order valence-electron chi connectivity index (χ1n) is 6.48. The smallest absolute Gasteiger partial charge is 0.205 e. The Balaban J connectivity index is 1.98. The van der Waals surface area contributed by atoms with Crippen LogP contribution in [0.3, 0.4) is 0 Å². The van der Waals surface area contributed by atoms with E-state index in [-0.39, 0.29) is 6.17 Å². The molecule has 5 nitrogen and oxygen atoms in total. The van der Waals surface area contributed by atoms with Gasteiger partial charge < -0.3 is 10.6 Å². The van der Waals surface area contributed by atoms with Crippen molar-refractivity contribution in [2.75, 3.05) is 20.6 Å². The summed E-state index contributed by atoms with van der Waals surface area (Å²) in [7, 11) is 3.92. The third-order valence-electron chi connectivity index (χ3n) is 3.19. The molecule has 0 aliphatic carbocycles. The van der Waals surface area contributed by atoms with Crippen molar-refractivity contribution in [1.29, 1.82) is 0 Å². The SMILES string of the molecule is CC1N=C(N)N(C)C(N(C)CCc2ccccc2)=N1. The monoisotopic (exact) mass is 259 g/mol. The first-order valence-corrected chi connectivity index (χ1v) is 6.48. The van der Waals surface area contributed by atoms with Gasteiger partial charge in [-0.2, -0.15) is 0 Å². The quantitative estimate of drug-likeness (QED) is 0.885. The first kappa shape index (κ1) is 13.4. The molecule has 102 valence electrons. The van der Waals surface area contributed by atoms with Crippen LogP contribution in [-0.2, 0) is 6.42 Å².